The Bertz CT molecular complexity index is 1110. The second-order valence-electron chi connectivity index (χ2n) is 6.37. The summed E-state index contributed by atoms with van der Waals surface area (Å²) in [5.74, 6) is 0.780. The molecule has 0 N–H and O–H groups in total. The van der Waals surface area contributed by atoms with Crippen LogP contribution in [0.4, 0.5) is 0 Å². The molecule has 5 nitrogen and oxygen atoms in total. The number of benzene rings is 2. The second-order valence-corrected chi connectivity index (χ2v) is 6.37. The molecule has 0 amide bonds. The van der Waals surface area contributed by atoms with Crippen molar-refractivity contribution in [2.45, 2.75) is 13.5 Å². The number of nitrogens with zero attached hydrogens (tertiary/aromatic N) is 4. The first kappa shape index (κ1) is 17.5. The lowest BCUT2D eigenvalue weighted by molar-refractivity contribution is 0.306. The molecule has 0 fully saturated rings. The van der Waals surface area contributed by atoms with Crippen LogP contribution in [0.1, 0.15) is 16.8 Å². The maximum Gasteiger partial charge on any atom is 0.148 e. The molecule has 0 aliphatic rings. The molecule has 0 aliphatic heterocycles. The summed E-state index contributed by atoms with van der Waals surface area (Å²) >= 11 is 0. The first-order valence-corrected chi connectivity index (χ1v) is 8.91. The molecule has 0 radical (unpaired) electrons. The summed E-state index contributed by atoms with van der Waals surface area (Å²) in [4.78, 5) is 8.44. The van der Waals surface area contributed by atoms with Gasteiger partial charge < -0.3 is 9.30 Å². The standard InChI is InChI=1S/C23H18N4O/c1-17-22(27-12-11-25-16-27)14-26-21(13-24)23(17)19-7-9-20(10-8-19)28-15-18-5-3-2-4-6-18/h2-12,14,16H,15H2,1H3. The third-order valence-corrected chi connectivity index (χ3v) is 4.59. The Morgan fingerprint density at radius 3 is 2.54 bits per heavy atom. The predicted octanol–water partition coefficient (Wildman–Crippen LogP) is 4.69. The summed E-state index contributed by atoms with van der Waals surface area (Å²) < 4.78 is 7.75. The van der Waals surface area contributed by atoms with Crippen molar-refractivity contribution in [3.63, 3.8) is 0 Å². The highest BCUT2D eigenvalue weighted by atomic mass is 16.5. The van der Waals surface area contributed by atoms with Crippen molar-refractivity contribution in [2.75, 3.05) is 0 Å². The molecule has 0 saturated carbocycles. The third kappa shape index (κ3) is 3.49. The van der Waals surface area contributed by atoms with E-state index in [-0.39, 0.29) is 0 Å². The van der Waals surface area contributed by atoms with Crippen molar-refractivity contribution in [2.24, 2.45) is 0 Å². The average Bonchev–Trinajstić information content (AvgIpc) is 3.28. The van der Waals surface area contributed by atoms with Crippen LogP contribution in [0, 0.1) is 18.3 Å². The van der Waals surface area contributed by atoms with Crippen molar-refractivity contribution in [1.29, 1.82) is 5.26 Å². The van der Waals surface area contributed by atoms with Gasteiger partial charge in [0.2, 0.25) is 0 Å². The second kappa shape index (κ2) is 7.77. The largest absolute Gasteiger partial charge is 0.489 e. The van der Waals surface area contributed by atoms with Crippen LogP contribution < -0.4 is 4.74 Å². The quantitative estimate of drug-likeness (QED) is 0.514. The van der Waals surface area contributed by atoms with Crippen LogP contribution in [0.25, 0.3) is 16.8 Å². The highest BCUT2D eigenvalue weighted by molar-refractivity contribution is 5.75. The zero-order valence-corrected chi connectivity index (χ0v) is 15.4. The summed E-state index contributed by atoms with van der Waals surface area (Å²) in [6.07, 6.45) is 7.01. The molecule has 2 aromatic heterocycles. The van der Waals surface area contributed by atoms with Crippen LogP contribution in [0.5, 0.6) is 5.75 Å². The van der Waals surface area contributed by atoms with Gasteiger partial charge in [-0.1, -0.05) is 42.5 Å². The molecule has 0 aliphatic carbocycles. The SMILES string of the molecule is Cc1c(-n2ccnc2)cnc(C#N)c1-c1ccc(OCc2ccccc2)cc1. The Labute approximate surface area is 163 Å². The number of nitriles is 1. The van der Waals surface area contributed by atoms with Crippen LogP contribution in [0.2, 0.25) is 0 Å². The maximum atomic E-state index is 9.53. The normalized spacial score (nSPS) is 10.4. The molecule has 5 heteroatoms. The Morgan fingerprint density at radius 2 is 1.86 bits per heavy atom. The van der Waals surface area contributed by atoms with Gasteiger partial charge in [0.25, 0.3) is 0 Å². The van der Waals surface area contributed by atoms with E-state index in [9.17, 15) is 5.26 Å². The number of imidazole rings is 1. The third-order valence-electron chi connectivity index (χ3n) is 4.59. The smallest absolute Gasteiger partial charge is 0.148 e. The van der Waals surface area contributed by atoms with Crippen LogP contribution in [0.15, 0.2) is 79.5 Å². The molecule has 2 aromatic carbocycles. The molecular weight excluding hydrogens is 348 g/mol. The molecule has 0 bridgehead atoms. The van der Waals surface area contributed by atoms with Gasteiger partial charge in [-0.15, -0.1) is 0 Å². The van der Waals surface area contributed by atoms with Gasteiger partial charge in [-0.2, -0.15) is 5.26 Å². The van der Waals surface area contributed by atoms with E-state index in [0.29, 0.717) is 12.3 Å². The minimum atomic E-state index is 0.402. The molecule has 4 aromatic rings. The van der Waals surface area contributed by atoms with Gasteiger partial charge in [0, 0.05) is 18.0 Å². The summed E-state index contributed by atoms with van der Waals surface area (Å²) in [6.45, 7) is 2.51. The van der Waals surface area contributed by atoms with Crippen molar-refractivity contribution in [3.05, 3.63) is 96.3 Å². The molecular formula is C23H18N4O. The number of ether oxygens (including phenoxy) is 1. The fraction of sp³-hybridized carbons (Fsp3) is 0.0870. The summed E-state index contributed by atoms with van der Waals surface area (Å²) in [7, 11) is 0. The van der Waals surface area contributed by atoms with Gasteiger partial charge in [-0.25, -0.2) is 9.97 Å². The van der Waals surface area contributed by atoms with Crippen LogP contribution in [0.3, 0.4) is 0 Å². The van der Waals surface area contributed by atoms with E-state index in [2.05, 4.69) is 16.0 Å². The van der Waals surface area contributed by atoms with E-state index in [1.807, 2.05) is 72.3 Å². The number of rotatable bonds is 5. The van der Waals surface area contributed by atoms with E-state index in [4.69, 9.17) is 4.74 Å². The molecule has 0 spiro atoms. The lowest BCUT2D eigenvalue weighted by atomic mass is 9.98. The van der Waals surface area contributed by atoms with Gasteiger partial charge in [0.15, 0.2) is 0 Å². The first-order valence-electron chi connectivity index (χ1n) is 8.91. The van der Waals surface area contributed by atoms with Gasteiger partial charge >= 0.3 is 0 Å². The maximum absolute atomic E-state index is 9.53. The van der Waals surface area contributed by atoms with Gasteiger partial charge in [-0.3, -0.25) is 0 Å². The van der Waals surface area contributed by atoms with E-state index in [1.54, 1.807) is 18.7 Å². The predicted molar refractivity (Wildman–Crippen MR) is 107 cm³/mol. The molecule has 4 rings (SSSR count). The lowest BCUT2D eigenvalue weighted by Gasteiger charge is -2.14. The highest BCUT2D eigenvalue weighted by Gasteiger charge is 2.14. The molecule has 0 unspecified atom stereocenters. The molecule has 0 saturated heterocycles. The van der Waals surface area contributed by atoms with Crippen molar-refractivity contribution in [3.8, 4) is 28.6 Å². The fourth-order valence-corrected chi connectivity index (χ4v) is 3.15. The Morgan fingerprint density at radius 1 is 1.07 bits per heavy atom. The van der Waals surface area contributed by atoms with Crippen LogP contribution in [-0.4, -0.2) is 14.5 Å². The summed E-state index contributed by atoms with van der Waals surface area (Å²) in [5, 5.41) is 9.53. The van der Waals surface area contributed by atoms with Gasteiger partial charge in [0.1, 0.15) is 24.1 Å². The Balaban J connectivity index is 1.63. The van der Waals surface area contributed by atoms with Crippen LogP contribution in [-0.2, 0) is 6.61 Å². The number of hydrogen-bond donors (Lipinski definition) is 0. The van der Waals surface area contributed by atoms with Crippen LogP contribution >= 0.6 is 0 Å². The van der Waals surface area contributed by atoms with Gasteiger partial charge in [0.05, 0.1) is 18.2 Å². The topological polar surface area (TPSA) is 63.7 Å². The Hall–Kier alpha value is -3.91. The lowest BCUT2D eigenvalue weighted by Crippen LogP contribution is -2.01. The number of hydrogen-bond acceptors (Lipinski definition) is 4. The van der Waals surface area contributed by atoms with E-state index >= 15 is 0 Å². The minimum absolute atomic E-state index is 0.402. The molecule has 28 heavy (non-hydrogen) atoms. The van der Waals surface area contributed by atoms with E-state index < -0.39 is 0 Å². The highest BCUT2D eigenvalue weighted by Crippen LogP contribution is 2.31. The minimum Gasteiger partial charge on any atom is -0.489 e. The number of aromatic nitrogens is 3. The van der Waals surface area contributed by atoms with Crippen molar-refractivity contribution in [1.82, 2.24) is 14.5 Å². The fourth-order valence-electron chi connectivity index (χ4n) is 3.15. The van der Waals surface area contributed by atoms with Crippen molar-refractivity contribution < 1.29 is 4.74 Å². The monoisotopic (exact) mass is 366 g/mol. The van der Waals surface area contributed by atoms with Crippen molar-refractivity contribution >= 4 is 0 Å². The zero-order chi connectivity index (χ0) is 19.3. The first-order chi connectivity index (χ1) is 13.8. The molecule has 2 heterocycles. The zero-order valence-electron chi connectivity index (χ0n) is 15.4. The Kier molecular flexibility index (Phi) is 4.85. The van der Waals surface area contributed by atoms with Gasteiger partial charge in [-0.05, 0) is 35.7 Å². The number of pyridine rings is 1. The summed E-state index contributed by atoms with van der Waals surface area (Å²) in [6, 6.07) is 20.0. The summed E-state index contributed by atoms with van der Waals surface area (Å²) in [5.41, 5.74) is 5.14. The molecule has 136 valence electrons. The average molecular weight is 366 g/mol. The van der Waals surface area contributed by atoms with E-state index in [0.717, 1.165) is 33.7 Å². The molecule has 0 atom stereocenters. The van der Waals surface area contributed by atoms with E-state index in [1.165, 1.54) is 0 Å².